The van der Waals surface area contributed by atoms with Crippen LogP contribution in [0.4, 0.5) is 0 Å². The van der Waals surface area contributed by atoms with Crippen LogP contribution < -0.4 is 5.32 Å². The maximum absolute atomic E-state index is 9.66. The summed E-state index contributed by atoms with van der Waals surface area (Å²) < 4.78 is 1.46. The van der Waals surface area contributed by atoms with Gasteiger partial charge in [-0.25, -0.2) is 0 Å². The number of benzene rings is 1. The first-order valence-corrected chi connectivity index (χ1v) is 8.53. The molecule has 0 amide bonds. The van der Waals surface area contributed by atoms with Crippen molar-refractivity contribution in [3.8, 4) is 5.75 Å². The van der Waals surface area contributed by atoms with E-state index in [0.29, 0.717) is 6.04 Å². The molecule has 1 unspecified atom stereocenters. The second-order valence-electron chi connectivity index (χ2n) is 5.04. The van der Waals surface area contributed by atoms with E-state index in [0.717, 1.165) is 21.1 Å². The zero-order valence-electron chi connectivity index (χ0n) is 11.7. The molecule has 0 aliphatic heterocycles. The average Bonchev–Trinajstić information content (AvgIpc) is 2.38. The van der Waals surface area contributed by atoms with Gasteiger partial charge in [0.05, 0.1) is 8.95 Å². The summed E-state index contributed by atoms with van der Waals surface area (Å²) in [5, 5.41) is 13.2. The molecular weight excluding hydrogens is 370 g/mol. The van der Waals surface area contributed by atoms with Gasteiger partial charge in [-0.2, -0.15) is 0 Å². The van der Waals surface area contributed by atoms with E-state index in [2.05, 4.69) is 51.0 Å². The molecule has 1 aromatic rings. The highest BCUT2D eigenvalue weighted by molar-refractivity contribution is 9.11. The quantitative estimate of drug-likeness (QED) is 0.583. The highest BCUT2D eigenvalue weighted by Gasteiger charge is 2.07. The molecule has 4 heteroatoms. The molecule has 0 saturated heterocycles. The van der Waals surface area contributed by atoms with Crippen molar-refractivity contribution in [3.05, 3.63) is 26.6 Å². The van der Waals surface area contributed by atoms with E-state index < -0.39 is 0 Å². The van der Waals surface area contributed by atoms with Gasteiger partial charge in [0.15, 0.2) is 0 Å². The molecule has 0 saturated carbocycles. The van der Waals surface area contributed by atoms with Gasteiger partial charge in [-0.15, -0.1) is 0 Å². The van der Waals surface area contributed by atoms with E-state index in [1.165, 1.54) is 32.1 Å². The number of phenolic OH excluding ortho intramolecular Hbond substituents is 1. The lowest BCUT2D eigenvalue weighted by atomic mass is 10.1. The van der Waals surface area contributed by atoms with Gasteiger partial charge >= 0.3 is 0 Å². The largest absolute Gasteiger partial charge is 0.506 e. The molecule has 0 heterocycles. The number of aromatic hydroxyl groups is 1. The maximum atomic E-state index is 9.66. The molecule has 0 aromatic heterocycles. The summed E-state index contributed by atoms with van der Waals surface area (Å²) in [4.78, 5) is 0. The molecule has 1 aromatic carbocycles. The van der Waals surface area contributed by atoms with Crippen LogP contribution in [0.2, 0.25) is 0 Å². The number of phenols is 1. The molecule has 108 valence electrons. The third kappa shape index (κ3) is 6.28. The zero-order chi connectivity index (χ0) is 14.3. The molecule has 2 N–H and O–H groups in total. The van der Waals surface area contributed by atoms with Gasteiger partial charge in [0, 0.05) is 12.6 Å². The Balaban J connectivity index is 2.36. The van der Waals surface area contributed by atoms with E-state index in [1.54, 1.807) is 0 Å². The Hall–Kier alpha value is -0.0600. The second-order valence-corrected chi connectivity index (χ2v) is 6.75. The molecule has 0 spiro atoms. The lowest BCUT2D eigenvalue weighted by Gasteiger charge is -2.14. The first kappa shape index (κ1) is 17.0. The molecule has 0 fully saturated rings. The average molecular weight is 393 g/mol. The van der Waals surface area contributed by atoms with Crippen molar-refractivity contribution in [2.45, 2.75) is 58.5 Å². The van der Waals surface area contributed by atoms with Crippen molar-refractivity contribution in [3.63, 3.8) is 0 Å². The van der Waals surface area contributed by atoms with E-state index in [-0.39, 0.29) is 5.75 Å². The van der Waals surface area contributed by atoms with Crippen molar-refractivity contribution in [1.29, 1.82) is 0 Å². The Labute approximate surface area is 133 Å². The third-order valence-electron chi connectivity index (χ3n) is 3.22. The third-order valence-corrected chi connectivity index (χ3v) is 4.43. The van der Waals surface area contributed by atoms with E-state index in [9.17, 15) is 5.11 Å². The second kappa shape index (κ2) is 8.98. The van der Waals surface area contributed by atoms with Gasteiger partial charge in [0.1, 0.15) is 5.75 Å². The fourth-order valence-corrected chi connectivity index (χ4v) is 3.27. The smallest absolute Gasteiger partial charge is 0.143 e. The number of hydrogen-bond acceptors (Lipinski definition) is 2. The number of hydrogen-bond donors (Lipinski definition) is 2. The Bertz CT molecular complexity index is 373. The number of halogens is 2. The van der Waals surface area contributed by atoms with Gasteiger partial charge < -0.3 is 10.4 Å². The lowest BCUT2D eigenvalue weighted by molar-refractivity contribution is 0.466. The minimum atomic E-state index is 0.261. The molecule has 1 rings (SSSR count). The van der Waals surface area contributed by atoms with E-state index in [1.807, 2.05) is 12.1 Å². The van der Waals surface area contributed by atoms with E-state index in [4.69, 9.17) is 0 Å². The van der Waals surface area contributed by atoms with Crippen molar-refractivity contribution in [2.24, 2.45) is 0 Å². The number of rotatable bonds is 8. The van der Waals surface area contributed by atoms with Gasteiger partial charge in [-0.05, 0) is 62.9 Å². The first-order chi connectivity index (χ1) is 9.04. The van der Waals surface area contributed by atoms with Crippen LogP contribution in [0, 0.1) is 0 Å². The minimum Gasteiger partial charge on any atom is -0.506 e. The summed E-state index contributed by atoms with van der Waals surface area (Å²) in [7, 11) is 0. The Morgan fingerprint density at radius 1 is 1.16 bits per heavy atom. The van der Waals surface area contributed by atoms with Gasteiger partial charge in [-0.3, -0.25) is 0 Å². The van der Waals surface area contributed by atoms with Gasteiger partial charge in [0.2, 0.25) is 0 Å². The summed E-state index contributed by atoms with van der Waals surface area (Å²) in [6, 6.07) is 4.44. The van der Waals surface area contributed by atoms with Gasteiger partial charge in [0.25, 0.3) is 0 Å². The van der Waals surface area contributed by atoms with Crippen LogP contribution in [0.1, 0.15) is 51.5 Å². The van der Waals surface area contributed by atoms with Gasteiger partial charge in [-0.1, -0.05) is 32.6 Å². The molecular formula is C15H23Br2NO. The Morgan fingerprint density at radius 2 is 1.79 bits per heavy atom. The molecule has 2 nitrogen and oxygen atoms in total. The van der Waals surface area contributed by atoms with Crippen LogP contribution in [0.3, 0.4) is 0 Å². The number of nitrogens with one attached hydrogen (secondary N) is 1. The summed E-state index contributed by atoms with van der Waals surface area (Å²) in [6.07, 6.45) is 6.48. The van der Waals surface area contributed by atoms with Crippen LogP contribution >= 0.6 is 31.9 Å². The first-order valence-electron chi connectivity index (χ1n) is 6.94. The molecule has 19 heavy (non-hydrogen) atoms. The van der Waals surface area contributed by atoms with Crippen LogP contribution in [0.5, 0.6) is 5.75 Å². The lowest BCUT2D eigenvalue weighted by Crippen LogP contribution is -2.25. The molecule has 1 atom stereocenters. The van der Waals surface area contributed by atoms with E-state index >= 15 is 0 Å². The maximum Gasteiger partial charge on any atom is 0.143 e. The van der Waals surface area contributed by atoms with Crippen LogP contribution in [-0.2, 0) is 6.54 Å². The summed E-state index contributed by atoms with van der Waals surface area (Å²) in [5.74, 6) is 0.261. The van der Waals surface area contributed by atoms with Crippen LogP contribution in [-0.4, -0.2) is 11.1 Å². The standard InChI is InChI=1S/C15H23Br2NO/c1-3-4-5-6-7-11(2)18-10-12-8-13(16)15(19)14(17)9-12/h8-9,11,18-19H,3-7,10H2,1-2H3. The number of unbranched alkanes of at least 4 members (excludes halogenated alkanes) is 3. The summed E-state index contributed by atoms with van der Waals surface area (Å²) in [5.41, 5.74) is 1.16. The fourth-order valence-electron chi connectivity index (χ4n) is 1.99. The van der Waals surface area contributed by atoms with Crippen molar-refractivity contribution >= 4 is 31.9 Å². The van der Waals surface area contributed by atoms with Crippen molar-refractivity contribution in [2.75, 3.05) is 0 Å². The highest BCUT2D eigenvalue weighted by atomic mass is 79.9. The van der Waals surface area contributed by atoms with Crippen LogP contribution in [0.25, 0.3) is 0 Å². The molecule has 0 radical (unpaired) electrons. The predicted octanol–water partition coefficient (Wildman–Crippen LogP) is 5.37. The highest BCUT2D eigenvalue weighted by Crippen LogP contribution is 2.33. The summed E-state index contributed by atoms with van der Waals surface area (Å²) >= 11 is 6.71. The van der Waals surface area contributed by atoms with Crippen LogP contribution in [0.15, 0.2) is 21.1 Å². The SMILES string of the molecule is CCCCCCC(C)NCc1cc(Br)c(O)c(Br)c1. The van der Waals surface area contributed by atoms with Crippen molar-refractivity contribution in [1.82, 2.24) is 5.32 Å². The predicted molar refractivity (Wildman–Crippen MR) is 88.6 cm³/mol. The molecule has 0 aliphatic rings. The normalized spacial score (nSPS) is 12.6. The van der Waals surface area contributed by atoms with Crippen molar-refractivity contribution < 1.29 is 5.11 Å². The molecule has 0 aliphatic carbocycles. The Kier molecular flexibility index (Phi) is 8.03. The molecule has 0 bridgehead atoms. The monoisotopic (exact) mass is 391 g/mol. The fraction of sp³-hybridized carbons (Fsp3) is 0.600. The zero-order valence-corrected chi connectivity index (χ0v) is 14.8. The Morgan fingerprint density at radius 3 is 2.37 bits per heavy atom. The topological polar surface area (TPSA) is 32.3 Å². The minimum absolute atomic E-state index is 0.261. The summed E-state index contributed by atoms with van der Waals surface area (Å²) in [6.45, 7) is 5.30.